The molecule has 0 radical (unpaired) electrons. The molecule has 226 valence electrons. The number of aromatic nitrogens is 2. The Labute approximate surface area is 271 Å². The Kier molecular flexibility index (Phi) is 6.31. The highest BCUT2D eigenvalue weighted by Crippen LogP contribution is 2.44. The van der Waals surface area contributed by atoms with E-state index < -0.39 is 0 Å². The maximum Gasteiger partial charge on any atom is 0.0584 e. The first kappa shape index (κ1) is 28.4. The van der Waals surface area contributed by atoms with Crippen molar-refractivity contribution in [2.75, 3.05) is 0 Å². The van der Waals surface area contributed by atoms with E-state index in [-0.39, 0.29) is 10.8 Å². The van der Waals surface area contributed by atoms with Crippen LogP contribution in [0.3, 0.4) is 0 Å². The van der Waals surface area contributed by atoms with Gasteiger partial charge in [-0.15, -0.1) is 0 Å². The number of hydrogen-bond donors (Lipinski definition) is 0. The van der Waals surface area contributed by atoms with E-state index in [9.17, 15) is 0 Å². The summed E-state index contributed by atoms with van der Waals surface area (Å²) in [5.74, 6) is 0. The van der Waals surface area contributed by atoms with E-state index in [1.165, 1.54) is 77.2 Å². The third-order valence-corrected chi connectivity index (χ3v) is 9.58. The van der Waals surface area contributed by atoms with E-state index in [2.05, 4.69) is 184 Å². The lowest BCUT2D eigenvalue weighted by molar-refractivity contribution is 0.594. The van der Waals surface area contributed by atoms with Crippen LogP contribution in [0.2, 0.25) is 0 Å². The minimum Gasteiger partial charge on any atom is -0.309 e. The predicted octanol–water partition coefficient (Wildman–Crippen LogP) is 12.1. The Morgan fingerprint density at radius 2 is 0.935 bits per heavy atom. The monoisotopic (exact) mass is 596 g/mol. The average Bonchev–Trinajstić information content (AvgIpc) is 3.57. The molecule has 6 aromatic carbocycles. The molecule has 0 spiro atoms. The topological polar surface area (TPSA) is 9.86 Å². The fraction of sp³-hybridized carbons (Fsp3) is 0.182. The van der Waals surface area contributed by atoms with Gasteiger partial charge in [0.15, 0.2) is 0 Å². The van der Waals surface area contributed by atoms with Crippen LogP contribution in [0, 0.1) is 0 Å². The van der Waals surface area contributed by atoms with E-state index >= 15 is 0 Å². The third-order valence-electron chi connectivity index (χ3n) is 9.58. The molecule has 0 aliphatic rings. The van der Waals surface area contributed by atoms with Gasteiger partial charge < -0.3 is 9.13 Å². The van der Waals surface area contributed by atoms with Gasteiger partial charge >= 0.3 is 0 Å². The van der Waals surface area contributed by atoms with Crippen LogP contribution in [0.1, 0.15) is 52.7 Å². The molecule has 0 unspecified atom stereocenters. The maximum absolute atomic E-state index is 2.47. The fourth-order valence-corrected chi connectivity index (χ4v) is 7.50. The van der Waals surface area contributed by atoms with Crippen molar-refractivity contribution >= 4 is 43.6 Å². The van der Waals surface area contributed by atoms with E-state index in [1.807, 2.05) is 0 Å². The Hall–Kier alpha value is -5.08. The summed E-state index contributed by atoms with van der Waals surface area (Å²) in [5, 5.41) is 5.25. The molecule has 0 amide bonds. The Balaban J connectivity index is 1.38. The van der Waals surface area contributed by atoms with E-state index in [0.29, 0.717) is 0 Å². The van der Waals surface area contributed by atoms with E-state index in [0.717, 1.165) is 0 Å². The molecule has 0 saturated heterocycles. The van der Waals surface area contributed by atoms with Gasteiger partial charge in [-0.05, 0) is 75.5 Å². The standard InChI is InChI=1S/C44H40N2/c1-43(2,3)35-19-14-22-39-41(35)34-18-11-12-20-37(34)45(39)31-25-23-29(24-26-31)32-27-28-36(44(4,5)6)42-40(32)33-17-10-13-21-38(33)46(42)30-15-8-7-9-16-30/h7-28H,1-6H3. The van der Waals surface area contributed by atoms with Crippen molar-refractivity contribution < 1.29 is 0 Å². The van der Waals surface area contributed by atoms with Gasteiger partial charge in [-0.3, -0.25) is 0 Å². The summed E-state index contributed by atoms with van der Waals surface area (Å²) in [6.07, 6.45) is 0. The normalized spacial score (nSPS) is 12.6. The first-order valence-electron chi connectivity index (χ1n) is 16.4. The molecular weight excluding hydrogens is 556 g/mol. The van der Waals surface area contributed by atoms with Crippen LogP contribution in [0.25, 0.3) is 66.1 Å². The molecule has 0 bridgehead atoms. The summed E-state index contributed by atoms with van der Waals surface area (Å²) in [6.45, 7) is 13.9. The highest BCUT2D eigenvalue weighted by molar-refractivity contribution is 6.17. The Morgan fingerprint density at radius 3 is 1.59 bits per heavy atom. The number of fused-ring (bicyclic) bond motifs is 6. The largest absolute Gasteiger partial charge is 0.309 e. The SMILES string of the molecule is CC(C)(C)c1cccc2c1c1ccccc1n2-c1ccc(-c2ccc(C(C)(C)C)c3c2c2ccccc2n3-c2ccccc2)cc1. The molecule has 2 nitrogen and oxygen atoms in total. The number of rotatable bonds is 3. The maximum atomic E-state index is 2.47. The number of nitrogens with zero attached hydrogens (tertiary/aromatic N) is 2. The van der Waals surface area contributed by atoms with Gasteiger partial charge in [0.05, 0.1) is 22.1 Å². The van der Waals surface area contributed by atoms with Crippen molar-refractivity contribution in [1.29, 1.82) is 0 Å². The van der Waals surface area contributed by atoms with Crippen LogP contribution in [0.4, 0.5) is 0 Å². The lowest BCUT2D eigenvalue weighted by Gasteiger charge is -2.23. The average molecular weight is 597 g/mol. The van der Waals surface area contributed by atoms with Crippen molar-refractivity contribution in [3.63, 3.8) is 0 Å². The number of para-hydroxylation sites is 3. The first-order chi connectivity index (χ1) is 22.1. The quantitative estimate of drug-likeness (QED) is 0.192. The molecule has 2 heteroatoms. The minimum atomic E-state index is -0.0238. The van der Waals surface area contributed by atoms with Crippen LogP contribution in [0.15, 0.2) is 133 Å². The van der Waals surface area contributed by atoms with Gasteiger partial charge in [0.25, 0.3) is 0 Å². The molecule has 0 aliphatic heterocycles. The van der Waals surface area contributed by atoms with Crippen LogP contribution >= 0.6 is 0 Å². The van der Waals surface area contributed by atoms with Gasteiger partial charge in [0.2, 0.25) is 0 Å². The first-order valence-corrected chi connectivity index (χ1v) is 16.4. The molecule has 8 rings (SSSR count). The van der Waals surface area contributed by atoms with Crippen molar-refractivity contribution in [1.82, 2.24) is 9.13 Å². The molecule has 0 N–H and O–H groups in total. The summed E-state index contributed by atoms with van der Waals surface area (Å²) in [7, 11) is 0. The molecule has 0 atom stereocenters. The molecule has 2 heterocycles. The third kappa shape index (κ3) is 4.31. The second kappa shape index (κ2) is 10.2. The Bertz CT molecular complexity index is 2400. The molecular formula is C44H40N2. The summed E-state index contributed by atoms with van der Waals surface area (Å²) in [6, 6.07) is 49.2. The highest BCUT2D eigenvalue weighted by Gasteiger charge is 2.25. The number of hydrogen-bond acceptors (Lipinski definition) is 0. The van der Waals surface area contributed by atoms with Crippen LogP contribution in [0.5, 0.6) is 0 Å². The summed E-state index contributed by atoms with van der Waals surface area (Å²) in [4.78, 5) is 0. The Morgan fingerprint density at radius 1 is 0.391 bits per heavy atom. The van der Waals surface area contributed by atoms with Crippen LogP contribution < -0.4 is 0 Å². The van der Waals surface area contributed by atoms with Crippen molar-refractivity contribution in [3.8, 4) is 22.5 Å². The van der Waals surface area contributed by atoms with Gasteiger partial charge in [-0.2, -0.15) is 0 Å². The summed E-state index contributed by atoms with van der Waals surface area (Å²) >= 11 is 0. The number of benzene rings is 6. The lowest BCUT2D eigenvalue weighted by Crippen LogP contribution is -2.13. The molecule has 0 fully saturated rings. The second-order valence-corrected chi connectivity index (χ2v) is 14.7. The van der Waals surface area contributed by atoms with Gasteiger partial charge in [-0.1, -0.05) is 133 Å². The molecule has 0 saturated carbocycles. The van der Waals surface area contributed by atoms with Gasteiger partial charge in [0.1, 0.15) is 0 Å². The fourth-order valence-electron chi connectivity index (χ4n) is 7.50. The van der Waals surface area contributed by atoms with Crippen LogP contribution in [-0.2, 0) is 10.8 Å². The molecule has 0 aliphatic carbocycles. The molecule has 2 aromatic heterocycles. The lowest BCUT2D eigenvalue weighted by atomic mass is 9.83. The second-order valence-electron chi connectivity index (χ2n) is 14.7. The predicted molar refractivity (Wildman–Crippen MR) is 198 cm³/mol. The zero-order valence-corrected chi connectivity index (χ0v) is 27.6. The van der Waals surface area contributed by atoms with Crippen LogP contribution in [-0.4, -0.2) is 9.13 Å². The summed E-state index contributed by atoms with van der Waals surface area (Å²) < 4.78 is 4.90. The van der Waals surface area contributed by atoms with Gasteiger partial charge in [0, 0.05) is 32.9 Å². The van der Waals surface area contributed by atoms with Crippen molar-refractivity contribution in [2.24, 2.45) is 0 Å². The summed E-state index contributed by atoms with van der Waals surface area (Å²) in [5.41, 5.74) is 12.6. The van der Waals surface area contributed by atoms with E-state index in [1.54, 1.807) is 0 Å². The van der Waals surface area contributed by atoms with E-state index in [4.69, 9.17) is 0 Å². The zero-order valence-electron chi connectivity index (χ0n) is 27.6. The smallest absolute Gasteiger partial charge is 0.0584 e. The minimum absolute atomic E-state index is 0.0238. The van der Waals surface area contributed by atoms with Gasteiger partial charge in [-0.25, -0.2) is 0 Å². The molecule has 8 aromatic rings. The zero-order chi connectivity index (χ0) is 31.8. The van der Waals surface area contributed by atoms with Crippen molar-refractivity contribution in [3.05, 3.63) is 145 Å². The van der Waals surface area contributed by atoms with Crippen molar-refractivity contribution in [2.45, 2.75) is 52.4 Å². The molecule has 46 heavy (non-hydrogen) atoms. The highest BCUT2D eigenvalue weighted by atomic mass is 15.0.